The summed E-state index contributed by atoms with van der Waals surface area (Å²) < 4.78 is 49.0. The lowest BCUT2D eigenvalue weighted by Crippen LogP contribution is -2.39. The summed E-state index contributed by atoms with van der Waals surface area (Å²) in [6.45, 7) is 1.44. The molecule has 1 aromatic carbocycles. The van der Waals surface area contributed by atoms with Crippen molar-refractivity contribution in [3.8, 4) is 17.4 Å². The van der Waals surface area contributed by atoms with Gasteiger partial charge in [0.1, 0.15) is 16.5 Å². The van der Waals surface area contributed by atoms with E-state index in [0.717, 1.165) is 0 Å². The molecule has 0 spiro atoms. The van der Waals surface area contributed by atoms with Crippen molar-refractivity contribution in [3.63, 3.8) is 0 Å². The van der Waals surface area contributed by atoms with Crippen LogP contribution in [0.3, 0.4) is 0 Å². The van der Waals surface area contributed by atoms with Crippen LogP contribution in [0.2, 0.25) is 5.02 Å². The molecule has 2 heterocycles. The number of hydrogen-bond acceptors (Lipinski definition) is 8. The van der Waals surface area contributed by atoms with Gasteiger partial charge in [-0.25, -0.2) is 9.97 Å². The third-order valence-electron chi connectivity index (χ3n) is 4.14. The summed E-state index contributed by atoms with van der Waals surface area (Å²) in [6, 6.07) is 9.08. The number of nitrogens with one attached hydrogen (secondary N) is 2. The van der Waals surface area contributed by atoms with Gasteiger partial charge in [-0.3, -0.25) is 25.8 Å². The number of rotatable bonds is 8. The van der Waals surface area contributed by atoms with Crippen molar-refractivity contribution in [3.05, 3.63) is 75.6 Å². The van der Waals surface area contributed by atoms with E-state index in [2.05, 4.69) is 20.8 Å². The molecule has 2 aromatic heterocycles. The number of aromatic nitrogens is 2. The number of halogens is 4. The summed E-state index contributed by atoms with van der Waals surface area (Å²) in [4.78, 5) is 29.9. The molecule has 0 aliphatic rings. The Labute approximate surface area is 194 Å². The monoisotopic (exact) mass is 497 g/mol. The van der Waals surface area contributed by atoms with E-state index in [1.165, 1.54) is 49.5 Å². The lowest BCUT2D eigenvalue weighted by Gasteiger charge is -2.15. The first-order valence-corrected chi connectivity index (χ1v) is 9.75. The van der Waals surface area contributed by atoms with Gasteiger partial charge in [0, 0.05) is 18.5 Å². The SMILES string of the molecule is C[C@@H](Oc1ccc(Oc2ncc(C(F)(F)F)cc2Cl)cc1)C(=O)NNc1ncccc1[N+](=O)[O-]. The topological polar surface area (TPSA) is 129 Å². The summed E-state index contributed by atoms with van der Waals surface area (Å²) in [5, 5.41) is 10.7. The van der Waals surface area contributed by atoms with Gasteiger partial charge >= 0.3 is 11.9 Å². The molecule has 0 aliphatic heterocycles. The number of nitro groups is 1. The second kappa shape index (κ2) is 10.2. The molecule has 1 atom stereocenters. The van der Waals surface area contributed by atoms with Crippen LogP contribution in [0, 0.1) is 10.1 Å². The van der Waals surface area contributed by atoms with E-state index >= 15 is 0 Å². The van der Waals surface area contributed by atoms with Crippen LogP contribution in [0.25, 0.3) is 0 Å². The molecule has 0 aliphatic carbocycles. The number of hydrogen-bond donors (Lipinski definition) is 2. The molecule has 0 unspecified atom stereocenters. The number of pyridine rings is 2. The standard InChI is InChI=1S/C20H15ClF3N5O5/c1-11(18(30)28-27-17-16(29(31)32)3-2-8-25-17)33-13-4-6-14(7-5-13)34-19-15(21)9-12(10-26-19)20(22,23)24/h2-11H,1H3,(H,25,27)(H,28,30)/t11-/m1/s1. The first kappa shape index (κ1) is 24.5. The Morgan fingerprint density at radius 1 is 1.18 bits per heavy atom. The highest BCUT2D eigenvalue weighted by Crippen LogP contribution is 2.35. The van der Waals surface area contributed by atoms with Crippen molar-refractivity contribution in [1.29, 1.82) is 0 Å². The van der Waals surface area contributed by atoms with Gasteiger partial charge in [0.05, 0.1) is 10.5 Å². The number of ether oxygens (including phenoxy) is 2. The van der Waals surface area contributed by atoms with Gasteiger partial charge in [-0.15, -0.1) is 0 Å². The Balaban J connectivity index is 1.57. The van der Waals surface area contributed by atoms with Crippen LogP contribution in [0.1, 0.15) is 12.5 Å². The fraction of sp³-hybridized carbons (Fsp3) is 0.150. The zero-order valence-electron chi connectivity index (χ0n) is 17.2. The molecule has 0 bridgehead atoms. The van der Waals surface area contributed by atoms with Crippen LogP contribution in [0.15, 0.2) is 54.9 Å². The molecule has 178 valence electrons. The smallest absolute Gasteiger partial charge is 0.417 e. The average molecular weight is 498 g/mol. The van der Waals surface area contributed by atoms with Gasteiger partial charge in [0.25, 0.3) is 5.91 Å². The zero-order valence-corrected chi connectivity index (χ0v) is 17.9. The molecule has 2 N–H and O–H groups in total. The van der Waals surface area contributed by atoms with Crippen LogP contribution in [0.4, 0.5) is 24.7 Å². The Morgan fingerprint density at radius 2 is 1.85 bits per heavy atom. The van der Waals surface area contributed by atoms with E-state index in [0.29, 0.717) is 12.3 Å². The first-order valence-electron chi connectivity index (χ1n) is 9.37. The first-order chi connectivity index (χ1) is 16.0. The number of alkyl halides is 3. The highest BCUT2D eigenvalue weighted by molar-refractivity contribution is 6.31. The average Bonchev–Trinajstić information content (AvgIpc) is 2.79. The van der Waals surface area contributed by atoms with Gasteiger partial charge in [-0.05, 0) is 43.3 Å². The number of carbonyl (C=O) groups excluding carboxylic acids is 1. The molecule has 3 aromatic rings. The maximum atomic E-state index is 12.7. The maximum Gasteiger partial charge on any atom is 0.417 e. The molecule has 3 rings (SSSR count). The Morgan fingerprint density at radius 3 is 2.47 bits per heavy atom. The number of carbonyl (C=O) groups is 1. The van der Waals surface area contributed by atoms with Gasteiger partial charge in [0.2, 0.25) is 11.7 Å². The van der Waals surface area contributed by atoms with E-state index < -0.39 is 28.7 Å². The minimum atomic E-state index is -4.58. The summed E-state index contributed by atoms with van der Waals surface area (Å²) in [5.74, 6) is -0.523. The molecule has 10 nitrogen and oxygen atoms in total. The van der Waals surface area contributed by atoms with Crippen molar-refractivity contribution in [2.45, 2.75) is 19.2 Å². The van der Waals surface area contributed by atoms with Crippen molar-refractivity contribution >= 4 is 29.0 Å². The Kier molecular flexibility index (Phi) is 7.36. The van der Waals surface area contributed by atoms with Gasteiger partial charge in [-0.2, -0.15) is 13.2 Å². The number of anilines is 1. The van der Waals surface area contributed by atoms with Crippen LogP contribution < -0.4 is 20.3 Å². The van der Waals surface area contributed by atoms with Crippen LogP contribution >= 0.6 is 11.6 Å². The predicted molar refractivity (Wildman–Crippen MR) is 114 cm³/mol. The summed E-state index contributed by atoms with van der Waals surface area (Å²) in [6.07, 6.45) is -3.67. The normalized spacial score (nSPS) is 11.9. The molecule has 0 saturated heterocycles. The van der Waals surface area contributed by atoms with Gasteiger partial charge < -0.3 is 9.47 Å². The van der Waals surface area contributed by atoms with E-state index in [9.17, 15) is 28.1 Å². The van der Waals surface area contributed by atoms with Crippen LogP contribution in [-0.4, -0.2) is 26.9 Å². The molecule has 0 fully saturated rings. The van der Waals surface area contributed by atoms with Crippen molar-refractivity contribution in [2.75, 3.05) is 5.43 Å². The van der Waals surface area contributed by atoms with E-state index in [1.54, 1.807) is 0 Å². The largest absolute Gasteiger partial charge is 0.481 e. The van der Waals surface area contributed by atoms with Crippen molar-refractivity contribution in [2.24, 2.45) is 0 Å². The number of nitrogens with zero attached hydrogens (tertiary/aromatic N) is 3. The molecule has 0 saturated carbocycles. The van der Waals surface area contributed by atoms with Gasteiger partial charge in [0.15, 0.2) is 6.10 Å². The van der Waals surface area contributed by atoms with Gasteiger partial charge in [-0.1, -0.05) is 11.6 Å². The Hall–Kier alpha value is -4.13. The third kappa shape index (κ3) is 6.22. The summed E-state index contributed by atoms with van der Waals surface area (Å²) >= 11 is 5.82. The second-order valence-corrected chi connectivity index (χ2v) is 6.99. The Bertz CT molecular complexity index is 1190. The van der Waals surface area contributed by atoms with Crippen molar-refractivity contribution < 1.29 is 32.4 Å². The quantitative estimate of drug-likeness (QED) is 0.337. The fourth-order valence-corrected chi connectivity index (χ4v) is 2.68. The maximum absolute atomic E-state index is 12.7. The van der Waals surface area contributed by atoms with E-state index in [4.69, 9.17) is 21.1 Å². The number of benzene rings is 1. The minimum Gasteiger partial charge on any atom is -0.481 e. The highest BCUT2D eigenvalue weighted by Gasteiger charge is 2.31. The molecular weight excluding hydrogens is 483 g/mol. The van der Waals surface area contributed by atoms with Crippen LogP contribution in [-0.2, 0) is 11.0 Å². The van der Waals surface area contributed by atoms with Crippen molar-refractivity contribution in [1.82, 2.24) is 15.4 Å². The van der Waals surface area contributed by atoms with E-state index in [1.807, 2.05) is 0 Å². The molecule has 34 heavy (non-hydrogen) atoms. The predicted octanol–water partition coefficient (Wildman–Crippen LogP) is 4.76. The summed E-state index contributed by atoms with van der Waals surface area (Å²) in [7, 11) is 0. The lowest BCUT2D eigenvalue weighted by molar-refractivity contribution is -0.384. The molecular formula is C20H15ClF3N5O5. The number of amides is 1. The highest BCUT2D eigenvalue weighted by atomic mass is 35.5. The minimum absolute atomic E-state index is 0.148. The van der Waals surface area contributed by atoms with E-state index in [-0.39, 0.29) is 33.9 Å². The summed E-state index contributed by atoms with van der Waals surface area (Å²) in [5.41, 5.74) is 3.31. The fourth-order valence-electron chi connectivity index (χ4n) is 2.47. The second-order valence-electron chi connectivity index (χ2n) is 6.58. The van der Waals surface area contributed by atoms with Crippen LogP contribution in [0.5, 0.6) is 17.4 Å². The molecule has 1 amide bonds. The zero-order chi connectivity index (χ0) is 24.9. The lowest BCUT2D eigenvalue weighted by atomic mass is 10.3. The third-order valence-corrected chi connectivity index (χ3v) is 4.41. The molecule has 0 radical (unpaired) electrons. The number of hydrazine groups is 1. The molecule has 14 heteroatoms.